The largest absolute Gasteiger partial charge is 0.326 e. The molecule has 2 atom stereocenters. The lowest BCUT2D eigenvalue weighted by Gasteiger charge is -2.27. The SMILES string of the molecule is O=C(Nc1cccc(Cl)c1)C1CC=CCC1C(=O)Nc1ccccc1Cl. The zero-order chi connectivity index (χ0) is 18.5. The highest BCUT2D eigenvalue weighted by atomic mass is 35.5. The van der Waals surface area contributed by atoms with Gasteiger partial charge in [0.05, 0.1) is 22.5 Å². The molecule has 3 rings (SSSR count). The monoisotopic (exact) mass is 388 g/mol. The van der Waals surface area contributed by atoms with Gasteiger partial charge in [-0.25, -0.2) is 0 Å². The summed E-state index contributed by atoms with van der Waals surface area (Å²) in [7, 11) is 0. The number of halogens is 2. The van der Waals surface area contributed by atoms with Crippen LogP contribution < -0.4 is 10.6 Å². The van der Waals surface area contributed by atoms with Crippen molar-refractivity contribution in [1.29, 1.82) is 0 Å². The van der Waals surface area contributed by atoms with E-state index in [1.807, 2.05) is 12.2 Å². The van der Waals surface area contributed by atoms with Crippen LogP contribution in [0.15, 0.2) is 60.7 Å². The molecule has 2 amide bonds. The first-order valence-electron chi connectivity index (χ1n) is 8.31. The predicted molar refractivity (Wildman–Crippen MR) is 106 cm³/mol. The molecule has 2 aromatic carbocycles. The van der Waals surface area contributed by atoms with Gasteiger partial charge in [-0.1, -0.05) is 53.6 Å². The van der Waals surface area contributed by atoms with Gasteiger partial charge in [-0.2, -0.15) is 0 Å². The number of carbonyl (C=O) groups is 2. The van der Waals surface area contributed by atoms with E-state index in [1.54, 1.807) is 48.5 Å². The smallest absolute Gasteiger partial charge is 0.228 e. The van der Waals surface area contributed by atoms with Crippen LogP contribution in [0.3, 0.4) is 0 Å². The van der Waals surface area contributed by atoms with Crippen molar-refractivity contribution in [3.05, 3.63) is 70.7 Å². The quantitative estimate of drug-likeness (QED) is 0.711. The molecule has 134 valence electrons. The van der Waals surface area contributed by atoms with Gasteiger partial charge >= 0.3 is 0 Å². The van der Waals surface area contributed by atoms with Gasteiger partial charge in [-0.3, -0.25) is 9.59 Å². The van der Waals surface area contributed by atoms with Crippen LogP contribution in [0.4, 0.5) is 11.4 Å². The normalized spacial score (nSPS) is 19.0. The summed E-state index contributed by atoms with van der Waals surface area (Å²) in [6.07, 6.45) is 4.87. The molecule has 0 radical (unpaired) electrons. The third-order valence-electron chi connectivity index (χ3n) is 4.33. The number of anilines is 2. The average molecular weight is 389 g/mol. The van der Waals surface area contributed by atoms with Crippen LogP contribution in [-0.4, -0.2) is 11.8 Å². The van der Waals surface area contributed by atoms with Gasteiger partial charge < -0.3 is 10.6 Å². The highest BCUT2D eigenvalue weighted by molar-refractivity contribution is 6.33. The molecule has 4 nitrogen and oxygen atoms in total. The number of hydrogen-bond acceptors (Lipinski definition) is 2. The topological polar surface area (TPSA) is 58.2 Å². The van der Waals surface area contributed by atoms with Gasteiger partial charge in [0.15, 0.2) is 0 Å². The summed E-state index contributed by atoms with van der Waals surface area (Å²) in [5.41, 5.74) is 1.16. The molecule has 0 bridgehead atoms. The zero-order valence-electron chi connectivity index (χ0n) is 13.9. The third kappa shape index (κ3) is 4.45. The first kappa shape index (κ1) is 18.5. The molecule has 0 aromatic heterocycles. The fourth-order valence-corrected chi connectivity index (χ4v) is 3.36. The van der Waals surface area contributed by atoms with Crippen molar-refractivity contribution in [1.82, 2.24) is 0 Å². The van der Waals surface area contributed by atoms with E-state index in [-0.39, 0.29) is 11.8 Å². The molecule has 26 heavy (non-hydrogen) atoms. The number of rotatable bonds is 4. The van der Waals surface area contributed by atoms with E-state index in [2.05, 4.69) is 10.6 Å². The molecule has 1 aliphatic carbocycles. The average Bonchev–Trinajstić information content (AvgIpc) is 2.63. The summed E-state index contributed by atoms with van der Waals surface area (Å²) < 4.78 is 0. The Balaban J connectivity index is 1.73. The predicted octanol–water partition coefficient (Wildman–Crippen LogP) is 5.15. The van der Waals surface area contributed by atoms with Crippen molar-refractivity contribution in [3.63, 3.8) is 0 Å². The van der Waals surface area contributed by atoms with Gasteiger partial charge in [0, 0.05) is 10.7 Å². The summed E-state index contributed by atoms with van der Waals surface area (Å²) in [5, 5.41) is 6.69. The minimum atomic E-state index is -0.463. The van der Waals surface area contributed by atoms with E-state index in [0.717, 1.165) is 0 Å². The van der Waals surface area contributed by atoms with Crippen molar-refractivity contribution in [2.45, 2.75) is 12.8 Å². The second-order valence-corrected chi connectivity index (χ2v) is 6.97. The Labute approximate surface area is 162 Å². The first-order valence-corrected chi connectivity index (χ1v) is 9.07. The first-order chi connectivity index (χ1) is 12.5. The van der Waals surface area contributed by atoms with Crippen molar-refractivity contribution in [3.8, 4) is 0 Å². The molecule has 0 heterocycles. The van der Waals surface area contributed by atoms with Gasteiger partial charge in [-0.15, -0.1) is 0 Å². The van der Waals surface area contributed by atoms with Crippen LogP contribution >= 0.6 is 23.2 Å². The minimum absolute atomic E-state index is 0.198. The van der Waals surface area contributed by atoms with Gasteiger partial charge in [0.2, 0.25) is 11.8 Å². The Morgan fingerprint density at radius 2 is 1.50 bits per heavy atom. The maximum Gasteiger partial charge on any atom is 0.228 e. The molecule has 2 unspecified atom stereocenters. The standard InChI is InChI=1S/C20H18Cl2N2O2/c21-13-6-5-7-14(12-13)23-19(25)15-8-1-2-9-16(15)20(26)24-18-11-4-3-10-17(18)22/h1-7,10-12,15-16H,8-9H2,(H,23,25)(H,24,26). The number of benzene rings is 2. The number of carbonyl (C=O) groups excluding carboxylic acids is 2. The molecule has 0 saturated heterocycles. The maximum atomic E-state index is 12.7. The molecule has 0 aliphatic heterocycles. The molecular weight excluding hydrogens is 371 g/mol. The van der Waals surface area contributed by atoms with Gasteiger partial charge in [0.1, 0.15) is 0 Å². The van der Waals surface area contributed by atoms with E-state index in [1.165, 1.54) is 0 Å². The molecule has 6 heteroatoms. The molecule has 2 N–H and O–H groups in total. The molecule has 0 saturated carbocycles. The van der Waals surface area contributed by atoms with Gasteiger partial charge in [0.25, 0.3) is 0 Å². The molecular formula is C20H18Cl2N2O2. The van der Waals surface area contributed by atoms with E-state index in [9.17, 15) is 9.59 Å². The lowest BCUT2D eigenvalue weighted by atomic mass is 9.81. The van der Waals surface area contributed by atoms with E-state index in [4.69, 9.17) is 23.2 Å². The molecule has 2 aromatic rings. The summed E-state index contributed by atoms with van der Waals surface area (Å²) >= 11 is 12.1. The number of hydrogen-bond donors (Lipinski definition) is 2. The molecule has 0 fully saturated rings. The third-order valence-corrected chi connectivity index (χ3v) is 4.89. The maximum absolute atomic E-state index is 12.7. The Kier molecular flexibility index (Phi) is 5.96. The second kappa shape index (κ2) is 8.39. The minimum Gasteiger partial charge on any atom is -0.326 e. The lowest BCUT2D eigenvalue weighted by Crippen LogP contribution is -2.37. The van der Waals surface area contributed by atoms with Crippen molar-refractivity contribution in [2.24, 2.45) is 11.8 Å². The Morgan fingerprint density at radius 3 is 2.15 bits per heavy atom. The number of allylic oxidation sites excluding steroid dienone is 2. The summed E-state index contributed by atoms with van der Waals surface area (Å²) in [6.45, 7) is 0. The second-order valence-electron chi connectivity index (χ2n) is 6.12. The number of nitrogens with one attached hydrogen (secondary N) is 2. The Bertz CT molecular complexity index is 851. The fraction of sp³-hybridized carbons (Fsp3) is 0.200. The lowest BCUT2D eigenvalue weighted by molar-refractivity contribution is -0.129. The van der Waals surface area contributed by atoms with Crippen molar-refractivity contribution >= 4 is 46.4 Å². The van der Waals surface area contributed by atoms with E-state index in [0.29, 0.717) is 34.3 Å². The van der Waals surface area contributed by atoms with Crippen molar-refractivity contribution in [2.75, 3.05) is 10.6 Å². The van der Waals surface area contributed by atoms with Crippen LogP contribution in [0.25, 0.3) is 0 Å². The summed E-state index contributed by atoms with van der Waals surface area (Å²) in [6, 6.07) is 14.0. The van der Waals surface area contributed by atoms with Crippen molar-refractivity contribution < 1.29 is 9.59 Å². The van der Waals surface area contributed by atoms with E-state index >= 15 is 0 Å². The fourth-order valence-electron chi connectivity index (χ4n) is 2.98. The zero-order valence-corrected chi connectivity index (χ0v) is 15.4. The summed E-state index contributed by atoms with van der Waals surface area (Å²) in [5.74, 6) is -1.33. The summed E-state index contributed by atoms with van der Waals surface area (Å²) in [4.78, 5) is 25.5. The number of amides is 2. The van der Waals surface area contributed by atoms with Crippen LogP contribution in [0, 0.1) is 11.8 Å². The Hall–Kier alpha value is -2.30. The molecule has 0 spiro atoms. The van der Waals surface area contributed by atoms with E-state index < -0.39 is 11.8 Å². The van der Waals surface area contributed by atoms with Crippen LogP contribution in [0.1, 0.15) is 12.8 Å². The van der Waals surface area contributed by atoms with Crippen LogP contribution in [0.5, 0.6) is 0 Å². The highest BCUT2D eigenvalue weighted by Gasteiger charge is 2.34. The van der Waals surface area contributed by atoms with Crippen LogP contribution in [0.2, 0.25) is 10.0 Å². The van der Waals surface area contributed by atoms with Crippen LogP contribution in [-0.2, 0) is 9.59 Å². The highest BCUT2D eigenvalue weighted by Crippen LogP contribution is 2.30. The Morgan fingerprint density at radius 1 is 0.846 bits per heavy atom. The molecule has 1 aliphatic rings. The van der Waals surface area contributed by atoms with Gasteiger partial charge in [-0.05, 0) is 43.2 Å². The number of para-hydroxylation sites is 1.